The van der Waals surface area contributed by atoms with Crippen LogP contribution in [0, 0.1) is 0 Å². The van der Waals surface area contributed by atoms with Crippen LogP contribution in [0.5, 0.6) is 0 Å². The van der Waals surface area contributed by atoms with Crippen molar-refractivity contribution in [2.75, 3.05) is 0 Å². The van der Waals surface area contributed by atoms with Crippen LogP contribution in [-0.4, -0.2) is 0 Å². The van der Waals surface area contributed by atoms with Crippen LogP contribution in [0.25, 0.3) is 12.2 Å². The molecular weight excluding hydrogens is 479 g/mol. The first-order valence-corrected chi connectivity index (χ1v) is 16.5. The van der Waals surface area contributed by atoms with E-state index in [4.69, 9.17) is 0 Å². The van der Waals surface area contributed by atoms with Gasteiger partial charge in [-0.25, -0.2) is 0 Å². The van der Waals surface area contributed by atoms with E-state index in [1.807, 2.05) is 0 Å². The first kappa shape index (κ1) is 26.8. The molecule has 176 valence electrons. The Morgan fingerprint density at radius 1 is 0.667 bits per heavy atom. The average Bonchev–Trinajstić information content (AvgIpc) is 3.41. The molecule has 0 aromatic heterocycles. The van der Waals surface area contributed by atoms with Crippen molar-refractivity contribution in [1.82, 2.24) is 0 Å². The van der Waals surface area contributed by atoms with E-state index >= 15 is 0 Å². The molecule has 2 unspecified atom stereocenters. The van der Waals surface area contributed by atoms with E-state index < -0.39 is 16.6 Å². The van der Waals surface area contributed by atoms with Crippen molar-refractivity contribution in [2.45, 2.75) is 84.1 Å². The Bertz CT molecular complexity index is 1000. The molecule has 3 aliphatic rings. The molecule has 3 heteroatoms. The summed E-state index contributed by atoms with van der Waals surface area (Å²) in [6.07, 6.45) is 8.07. The van der Waals surface area contributed by atoms with Gasteiger partial charge < -0.3 is 24.8 Å². The Kier molecular flexibility index (Phi) is 8.18. The van der Waals surface area contributed by atoms with E-state index in [0.29, 0.717) is 11.8 Å². The predicted octanol–water partition coefficient (Wildman–Crippen LogP) is 3.34. The SMILES string of the molecule is CC1=Cc2c(C(C)C)cccc2[CH]1[Ti+2]1([CH]2C(C)=Cc3c(C(C)C)cccc32)[CH2]CC[CH2]1.[Cl-].[Cl-]. The van der Waals surface area contributed by atoms with Gasteiger partial charge in [-0.3, -0.25) is 0 Å². The molecule has 0 N–H and O–H groups in total. The minimum absolute atomic E-state index is 0. The number of halogens is 2. The second-order valence-corrected chi connectivity index (χ2v) is 18.3. The summed E-state index contributed by atoms with van der Waals surface area (Å²) in [4.78, 5) is 0. The van der Waals surface area contributed by atoms with Gasteiger partial charge >= 0.3 is 194 Å². The van der Waals surface area contributed by atoms with Gasteiger partial charge in [0, 0.05) is 0 Å². The van der Waals surface area contributed by atoms with Crippen molar-refractivity contribution >= 4 is 12.2 Å². The van der Waals surface area contributed by atoms with Gasteiger partial charge in [0.25, 0.3) is 0 Å². The largest absolute Gasteiger partial charge is 1.00 e. The van der Waals surface area contributed by atoms with Crippen LogP contribution >= 0.6 is 0 Å². The minimum Gasteiger partial charge on any atom is -1.00 e. The van der Waals surface area contributed by atoms with Crippen LogP contribution in [0.4, 0.5) is 0 Å². The zero-order valence-corrected chi connectivity index (χ0v) is 24.1. The predicted molar refractivity (Wildman–Crippen MR) is 133 cm³/mol. The summed E-state index contributed by atoms with van der Waals surface area (Å²) >= 11 is -2.33. The first-order chi connectivity index (χ1) is 14.8. The van der Waals surface area contributed by atoms with Crippen LogP contribution in [0.1, 0.15) is 108 Å². The smallest absolute Gasteiger partial charge is 1.00 e. The van der Waals surface area contributed by atoms with E-state index in [2.05, 4.69) is 90.1 Å². The molecule has 2 aromatic rings. The number of fused-ring (bicyclic) bond motifs is 2. The monoisotopic (exact) mass is 516 g/mol. The van der Waals surface area contributed by atoms with Crippen LogP contribution in [0.3, 0.4) is 0 Å². The van der Waals surface area contributed by atoms with Crippen molar-refractivity contribution in [2.24, 2.45) is 0 Å². The van der Waals surface area contributed by atoms with Gasteiger partial charge in [-0.2, -0.15) is 0 Å². The van der Waals surface area contributed by atoms with Crippen LogP contribution in [0.15, 0.2) is 47.5 Å². The maximum Gasteiger partial charge on any atom is -1.00 e. The van der Waals surface area contributed by atoms with Gasteiger partial charge in [0.15, 0.2) is 0 Å². The fourth-order valence-electron chi connectivity index (χ4n) is 7.46. The van der Waals surface area contributed by atoms with Crippen molar-refractivity contribution < 1.29 is 41.4 Å². The van der Waals surface area contributed by atoms with E-state index in [1.165, 1.54) is 22.3 Å². The first-order valence-electron chi connectivity index (χ1n) is 12.5. The van der Waals surface area contributed by atoms with Gasteiger partial charge in [-0.1, -0.05) is 0 Å². The van der Waals surface area contributed by atoms with Gasteiger partial charge in [-0.15, -0.1) is 0 Å². The molecule has 5 rings (SSSR count). The summed E-state index contributed by atoms with van der Waals surface area (Å²) in [5.74, 6) is 1.18. The van der Waals surface area contributed by atoms with Crippen molar-refractivity contribution in [3.8, 4) is 0 Å². The summed E-state index contributed by atoms with van der Waals surface area (Å²) in [6.45, 7) is 14.3. The maximum absolute atomic E-state index is 2.58. The third kappa shape index (κ3) is 4.14. The van der Waals surface area contributed by atoms with E-state index in [9.17, 15) is 0 Å². The number of allylic oxidation sites excluding steroid dienone is 2. The van der Waals surface area contributed by atoms with Crippen molar-refractivity contribution in [3.05, 3.63) is 80.9 Å². The summed E-state index contributed by atoms with van der Waals surface area (Å²) in [5, 5.41) is 0. The number of benzene rings is 2. The van der Waals surface area contributed by atoms with Gasteiger partial charge in [0.1, 0.15) is 0 Å². The molecular formula is C30H38Cl2Ti. The Morgan fingerprint density at radius 2 is 1.06 bits per heavy atom. The van der Waals surface area contributed by atoms with Gasteiger partial charge in [0.2, 0.25) is 0 Å². The molecule has 0 radical (unpaired) electrons. The Morgan fingerprint density at radius 3 is 1.42 bits per heavy atom. The second kappa shape index (κ2) is 10.1. The fourth-order valence-corrected chi connectivity index (χ4v) is 18.8. The summed E-state index contributed by atoms with van der Waals surface area (Å²) in [5.41, 5.74) is 13.0. The molecule has 0 nitrogen and oxygen atoms in total. The van der Waals surface area contributed by atoms with E-state index in [1.54, 1.807) is 44.5 Å². The molecule has 0 bridgehead atoms. The Labute approximate surface area is 217 Å². The third-order valence-corrected chi connectivity index (χ3v) is 18.5. The molecule has 2 atom stereocenters. The normalized spacial score (nSPS) is 21.5. The molecule has 1 fully saturated rings. The molecule has 2 aliphatic carbocycles. The quantitative estimate of drug-likeness (QED) is 0.547. The van der Waals surface area contributed by atoms with Crippen LogP contribution in [-0.2, 0) is 16.6 Å². The maximum atomic E-state index is 2.58. The van der Waals surface area contributed by atoms with Crippen molar-refractivity contribution in [3.63, 3.8) is 0 Å². The topological polar surface area (TPSA) is 0 Å². The molecule has 1 heterocycles. The molecule has 33 heavy (non-hydrogen) atoms. The molecule has 0 spiro atoms. The van der Waals surface area contributed by atoms with E-state index in [-0.39, 0.29) is 24.8 Å². The fraction of sp³-hybridized carbons (Fsp3) is 0.467. The number of hydrogen-bond acceptors (Lipinski definition) is 0. The number of rotatable bonds is 4. The average molecular weight is 517 g/mol. The van der Waals surface area contributed by atoms with Gasteiger partial charge in [-0.05, 0) is 0 Å². The summed E-state index contributed by atoms with van der Waals surface area (Å²) in [7, 11) is 0. The Hall–Kier alpha value is -0.786. The van der Waals surface area contributed by atoms with Crippen LogP contribution < -0.4 is 24.8 Å². The summed E-state index contributed by atoms with van der Waals surface area (Å²) in [6, 6.07) is 14.4. The Balaban J connectivity index is 0.00000153. The molecule has 1 aliphatic heterocycles. The minimum atomic E-state index is -2.33. The number of hydrogen-bond donors (Lipinski definition) is 0. The zero-order valence-electron chi connectivity index (χ0n) is 21.0. The molecule has 1 saturated heterocycles. The van der Waals surface area contributed by atoms with Crippen LogP contribution in [0.2, 0.25) is 9.45 Å². The van der Waals surface area contributed by atoms with E-state index in [0.717, 1.165) is 8.45 Å². The standard InChI is InChI=1S/2C13H15.C4H8.2ClH.Ti/c2*1-9(2)12-6-4-5-11-7-10(3)8-13(11)12;1-3-4-2;;;/h2*4-9H,1-3H3;1-4H2;2*1H;/q;;;;;+2/p-2. The van der Waals surface area contributed by atoms with Gasteiger partial charge in [0.05, 0.1) is 0 Å². The summed E-state index contributed by atoms with van der Waals surface area (Å²) < 4.78 is 4.53. The second-order valence-electron chi connectivity index (χ2n) is 11.1. The molecule has 0 amide bonds. The van der Waals surface area contributed by atoms with Crippen molar-refractivity contribution in [1.29, 1.82) is 0 Å². The zero-order chi connectivity index (χ0) is 21.9. The third-order valence-electron chi connectivity index (χ3n) is 8.55. The molecule has 2 aromatic carbocycles. The molecule has 0 saturated carbocycles.